The minimum absolute atomic E-state index is 0.101. The highest BCUT2D eigenvalue weighted by Gasteiger charge is 2.75. The molecule has 13 atom stereocenters. The molecular formula is C39H62O10. The van der Waals surface area contributed by atoms with Crippen molar-refractivity contribution in [2.75, 3.05) is 6.61 Å². The smallest absolute Gasteiger partial charge is 0.350 e. The summed E-state index contributed by atoms with van der Waals surface area (Å²) in [4.78, 5) is 37.9. The molecule has 0 amide bonds. The number of hydrogen-bond donors (Lipinski definition) is 4. The molecule has 4 N–H and O–H groups in total. The first-order valence-corrected chi connectivity index (χ1v) is 18.4. The van der Waals surface area contributed by atoms with Crippen LogP contribution in [0, 0.1) is 50.2 Å². The van der Waals surface area contributed by atoms with Crippen molar-refractivity contribution in [3.63, 3.8) is 0 Å². The van der Waals surface area contributed by atoms with Crippen molar-refractivity contribution >= 4 is 17.9 Å². The molecule has 5 aliphatic rings. The molecule has 0 aromatic carbocycles. The van der Waals surface area contributed by atoms with Crippen LogP contribution in [0.2, 0.25) is 0 Å². The van der Waals surface area contributed by atoms with Crippen LogP contribution in [0.5, 0.6) is 0 Å². The van der Waals surface area contributed by atoms with E-state index < -0.39 is 75.5 Å². The summed E-state index contributed by atoms with van der Waals surface area (Å²) in [6.07, 6.45) is 0.773. The highest BCUT2D eigenvalue weighted by Crippen LogP contribution is 2.75. The van der Waals surface area contributed by atoms with Crippen molar-refractivity contribution in [2.24, 2.45) is 50.2 Å². The molecule has 0 aliphatic heterocycles. The maximum absolute atomic E-state index is 13.7. The molecule has 0 aromatic heterocycles. The Hall–Kier alpha value is -2.01. The summed E-state index contributed by atoms with van der Waals surface area (Å²) >= 11 is 0. The van der Waals surface area contributed by atoms with Crippen LogP contribution >= 0.6 is 0 Å². The summed E-state index contributed by atoms with van der Waals surface area (Å²) in [7, 11) is 0. The molecule has 0 heterocycles. The zero-order valence-electron chi connectivity index (χ0n) is 31.6. The highest BCUT2D eigenvalue weighted by atomic mass is 16.6. The van der Waals surface area contributed by atoms with Gasteiger partial charge >= 0.3 is 17.9 Å². The van der Waals surface area contributed by atoms with Crippen LogP contribution in [-0.4, -0.2) is 81.1 Å². The number of carbonyl (C=O) groups is 3. The zero-order valence-corrected chi connectivity index (χ0v) is 31.6. The van der Waals surface area contributed by atoms with Gasteiger partial charge in [0, 0.05) is 24.7 Å². The molecule has 5 rings (SSSR count). The Bertz CT molecular complexity index is 1390. The second-order valence-electron chi connectivity index (χ2n) is 18.5. The molecule has 5 aliphatic carbocycles. The van der Waals surface area contributed by atoms with E-state index in [2.05, 4.69) is 40.7 Å². The molecule has 278 valence electrons. The Morgan fingerprint density at radius 2 is 1.51 bits per heavy atom. The fraction of sp³-hybridized carbons (Fsp3) is 0.872. The minimum atomic E-state index is -1.60. The molecule has 49 heavy (non-hydrogen) atoms. The van der Waals surface area contributed by atoms with Crippen LogP contribution in [0.3, 0.4) is 0 Å². The number of fused-ring (bicyclic) bond motifs is 7. The Balaban J connectivity index is 1.63. The van der Waals surface area contributed by atoms with Crippen molar-refractivity contribution in [3.05, 3.63) is 11.6 Å². The molecule has 10 heteroatoms. The lowest BCUT2D eigenvalue weighted by molar-refractivity contribution is -0.292. The van der Waals surface area contributed by atoms with Crippen molar-refractivity contribution in [3.8, 4) is 0 Å². The van der Waals surface area contributed by atoms with Gasteiger partial charge in [0.05, 0.1) is 23.7 Å². The van der Waals surface area contributed by atoms with E-state index in [0.717, 1.165) is 31.3 Å². The maximum atomic E-state index is 13.7. The van der Waals surface area contributed by atoms with E-state index in [9.17, 15) is 34.8 Å². The van der Waals surface area contributed by atoms with Crippen LogP contribution in [0.1, 0.15) is 121 Å². The predicted octanol–water partition coefficient (Wildman–Crippen LogP) is 4.88. The van der Waals surface area contributed by atoms with Gasteiger partial charge in [-0.3, -0.25) is 9.59 Å². The first-order valence-electron chi connectivity index (χ1n) is 18.4. The minimum Gasteiger partial charge on any atom is -0.465 e. The lowest BCUT2D eigenvalue weighted by atomic mass is 9.32. The number of rotatable bonds is 6. The Kier molecular flexibility index (Phi) is 9.38. The largest absolute Gasteiger partial charge is 0.465 e. The summed E-state index contributed by atoms with van der Waals surface area (Å²) in [5, 5.41) is 48.6. The number of allylic oxidation sites excluding steroid dienone is 1. The average molecular weight is 691 g/mol. The summed E-state index contributed by atoms with van der Waals surface area (Å²) in [6, 6.07) is 0. The fourth-order valence-electron chi connectivity index (χ4n) is 12.2. The third-order valence-corrected chi connectivity index (χ3v) is 15.4. The van der Waals surface area contributed by atoms with Gasteiger partial charge in [-0.15, -0.1) is 0 Å². The summed E-state index contributed by atoms with van der Waals surface area (Å²) in [6.45, 7) is 20.1. The Morgan fingerprint density at radius 1 is 0.878 bits per heavy atom. The molecule has 0 spiro atoms. The summed E-state index contributed by atoms with van der Waals surface area (Å²) in [5.74, 6) is -2.12. The van der Waals surface area contributed by atoms with Gasteiger partial charge in [0.1, 0.15) is 18.8 Å². The van der Waals surface area contributed by atoms with E-state index in [1.54, 1.807) is 6.92 Å². The van der Waals surface area contributed by atoms with Crippen LogP contribution in [0.15, 0.2) is 11.6 Å². The van der Waals surface area contributed by atoms with Crippen LogP contribution < -0.4 is 0 Å². The van der Waals surface area contributed by atoms with E-state index in [-0.39, 0.29) is 35.9 Å². The summed E-state index contributed by atoms with van der Waals surface area (Å²) < 4.78 is 17.1. The number of ether oxygens (including phenoxy) is 3. The first kappa shape index (κ1) is 38.2. The van der Waals surface area contributed by atoms with Gasteiger partial charge in [-0.2, -0.15) is 0 Å². The van der Waals surface area contributed by atoms with E-state index in [1.807, 2.05) is 13.8 Å². The molecule has 4 fully saturated rings. The van der Waals surface area contributed by atoms with Crippen molar-refractivity contribution in [1.29, 1.82) is 0 Å². The maximum Gasteiger partial charge on any atom is 0.350 e. The Labute approximate surface area is 292 Å². The van der Waals surface area contributed by atoms with Crippen molar-refractivity contribution in [2.45, 2.75) is 157 Å². The Morgan fingerprint density at radius 3 is 2.08 bits per heavy atom. The second-order valence-corrected chi connectivity index (χ2v) is 18.5. The van der Waals surface area contributed by atoms with Gasteiger partial charge in [-0.25, -0.2) is 4.79 Å². The van der Waals surface area contributed by atoms with Gasteiger partial charge in [-0.1, -0.05) is 67.0 Å². The van der Waals surface area contributed by atoms with Crippen LogP contribution in [0.4, 0.5) is 0 Å². The van der Waals surface area contributed by atoms with Gasteiger partial charge in [-0.05, 0) is 85.9 Å². The van der Waals surface area contributed by atoms with E-state index in [0.29, 0.717) is 18.8 Å². The van der Waals surface area contributed by atoms with E-state index >= 15 is 0 Å². The summed E-state index contributed by atoms with van der Waals surface area (Å²) in [5.41, 5.74) is -4.75. The third-order valence-electron chi connectivity index (χ3n) is 15.4. The lowest BCUT2D eigenvalue weighted by Crippen LogP contribution is -2.76. The molecule has 0 bridgehead atoms. The molecular weight excluding hydrogens is 628 g/mol. The molecule has 10 nitrogen and oxygen atoms in total. The van der Waals surface area contributed by atoms with Gasteiger partial charge < -0.3 is 34.6 Å². The zero-order chi connectivity index (χ0) is 36.9. The van der Waals surface area contributed by atoms with Crippen LogP contribution in [-0.2, 0) is 28.6 Å². The number of hydrogen-bond acceptors (Lipinski definition) is 10. The molecule has 0 unspecified atom stereocenters. The van der Waals surface area contributed by atoms with Gasteiger partial charge in [0.2, 0.25) is 5.60 Å². The quantitative estimate of drug-likeness (QED) is 0.172. The average Bonchev–Trinajstić information content (AvgIpc) is 2.99. The molecule has 0 radical (unpaired) electrons. The van der Waals surface area contributed by atoms with Crippen molar-refractivity contribution in [1.82, 2.24) is 0 Å². The normalized spacial score (nSPS) is 46.3. The molecule has 0 saturated heterocycles. The lowest BCUT2D eigenvalue weighted by Gasteiger charge is -2.73. The predicted molar refractivity (Wildman–Crippen MR) is 182 cm³/mol. The molecule has 4 saturated carbocycles. The van der Waals surface area contributed by atoms with Gasteiger partial charge in [0.15, 0.2) is 0 Å². The number of carbonyl (C=O) groups excluding carboxylic acids is 3. The fourth-order valence-corrected chi connectivity index (χ4v) is 12.2. The number of esters is 3. The standard InChI is InChI=1S/C39H62O10/c1-12-37(10,49-22(3)41)32(46)48-31-30(45)39(20-47-21(2)40)24(19-33(31,4)5)23-13-14-26-35(8)17-16-27(42)34(6,7)25(35)15-18-36(26,9)38(23,11)28(43)29(39)44/h13,24-31,42-45H,12,14-20H2,1-11H3/t24-,25-,26+,27-,28-,29+,30-,31-,35-,36+,37-,38-,39-/m0/s1. The van der Waals surface area contributed by atoms with E-state index in [4.69, 9.17) is 14.2 Å². The molecule has 0 aromatic rings. The monoisotopic (exact) mass is 690 g/mol. The number of aliphatic hydroxyl groups is 4. The van der Waals surface area contributed by atoms with Crippen LogP contribution in [0.25, 0.3) is 0 Å². The van der Waals surface area contributed by atoms with Crippen molar-refractivity contribution < 1.29 is 49.0 Å². The number of aliphatic hydroxyl groups excluding tert-OH is 4. The van der Waals surface area contributed by atoms with Gasteiger partial charge in [0.25, 0.3) is 0 Å². The third kappa shape index (κ3) is 5.19. The van der Waals surface area contributed by atoms with E-state index in [1.165, 1.54) is 20.8 Å². The highest BCUT2D eigenvalue weighted by molar-refractivity contribution is 5.82. The SMILES string of the molecule is CC[C@](C)(OC(C)=O)C(=O)O[C@H]1[C@H](O)[C@]2(COC(C)=O)[C@H](O)[C@H](O)[C@]3(C)C(=CC[C@@H]4[C@@]5(C)CC[C@H](O)C(C)(C)[C@@H]5CC[C@]43C)[C@@H]2CC1(C)C. The topological polar surface area (TPSA) is 160 Å². The first-order chi connectivity index (χ1) is 22.4. The second kappa shape index (κ2) is 12.0.